The van der Waals surface area contributed by atoms with Crippen LogP contribution >= 0.6 is 11.6 Å². The standard InChI is InChI=1S/C24H33ClN4O/c1-3-16(2)26-22(30)13-14-29(19-7-5-4-6-8-19)24-20-12-11-18(25)15-21(20)27-23(28-24)17-9-10-17/h11-12,15-17,19H,3-10,13-14H2,1-2H3,(H,26,30). The number of hydrogen-bond acceptors (Lipinski definition) is 4. The Kier molecular flexibility index (Phi) is 6.77. The highest BCUT2D eigenvalue weighted by atomic mass is 35.5. The SMILES string of the molecule is CCC(C)NC(=O)CCN(c1nc(C2CC2)nc2cc(Cl)ccc12)C1CCCCC1. The maximum Gasteiger partial charge on any atom is 0.221 e. The number of fused-ring (bicyclic) bond motifs is 1. The molecule has 2 aromatic rings. The van der Waals surface area contributed by atoms with E-state index in [0.717, 1.165) is 54.6 Å². The van der Waals surface area contributed by atoms with Gasteiger partial charge >= 0.3 is 0 Å². The molecule has 2 aliphatic carbocycles. The van der Waals surface area contributed by atoms with Gasteiger partial charge in [-0.1, -0.05) is 37.8 Å². The maximum absolute atomic E-state index is 12.5. The predicted octanol–water partition coefficient (Wildman–Crippen LogP) is 5.60. The van der Waals surface area contributed by atoms with Gasteiger partial charge in [0.05, 0.1) is 5.52 Å². The van der Waals surface area contributed by atoms with Crippen molar-refractivity contribution in [2.45, 2.75) is 89.6 Å². The number of carbonyl (C=O) groups excluding carboxylic acids is 1. The fourth-order valence-electron chi connectivity index (χ4n) is 4.37. The summed E-state index contributed by atoms with van der Waals surface area (Å²) in [5.74, 6) is 2.51. The van der Waals surface area contributed by atoms with E-state index in [-0.39, 0.29) is 11.9 Å². The number of halogens is 1. The molecule has 0 saturated heterocycles. The summed E-state index contributed by atoms with van der Waals surface area (Å²) < 4.78 is 0. The third-order valence-corrected chi connectivity index (χ3v) is 6.72. The Morgan fingerprint density at radius 2 is 1.97 bits per heavy atom. The normalized spacial score (nSPS) is 18.4. The lowest BCUT2D eigenvalue weighted by Gasteiger charge is -2.36. The van der Waals surface area contributed by atoms with Gasteiger partial charge < -0.3 is 10.2 Å². The van der Waals surface area contributed by atoms with E-state index in [1.165, 1.54) is 19.3 Å². The third kappa shape index (κ3) is 5.05. The minimum Gasteiger partial charge on any atom is -0.354 e. The zero-order valence-electron chi connectivity index (χ0n) is 18.2. The van der Waals surface area contributed by atoms with Crippen molar-refractivity contribution in [2.75, 3.05) is 11.4 Å². The third-order valence-electron chi connectivity index (χ3n) is 6.49. The maximum atomic E-state index is 12.5. The van der Waals surface area contributed by atoms with Gasteiger partial charge in [0.2, 0.25) is 5.91 Å². The van der Waals surface area contributed by atoms with Crippen LogP contribution in [-0.4, -0.2) is 34.5 Å². The molecular weight excluding hydrogens is 396 g/mol. The molecule has 2 aliphatic rings. The Labute approximate surface area is 184 Å². The number of hydrogen-bond donors (Lipinski definition) is 1. The van der Waals surface area contributed by atoms with Crippen molar-refractivity contribution >= 4 is 34.2 Å². The van der Waals surface area contributed by atoms with E-state index >= 15 is 0 Å². The number of aromatic nitrogens is 2. The Morgan fingerprint density at radius 1 is 1.20 bits per heavy atom. The lowest BCUT2D eigenvalue weighted by atomic mass is 9.93. The van der Waals surface area contributed by atoms with Crippen molar-refractivity contribution in [2.24, 2.45) is 0 Å². The van der Waals surface area contributed by atoms with Gasteiger partial charge in [-0.3, -0.25) is 4.79 Å². The van der Waals surface area contributed by atoms with Gasteiger partial charge in [-0.05, 0) is 57.2 Å². The van der Waals surface area contributed by atoms with Crippen molar-refractivity contribution in [3.63, 3.8) is 0 Å². The summed E-state index contributed by atoms with van der Waals surface area (Å²) in [4.78, 5) is 24.8. The molecule has 2 fully saturated rings. The van der Waals surface area contributed by atoms with Crippen LogP contribution in [0.1, 0.15) is 83.4 Å². The van der Waals surface area contributed by atoms with Crippen LogP contribution in [0.5, 0.6) is 0 Å². The number of nitrogens with one attached hydrogen (secondary N) is 1. The summed E-state index contributed by atoms with van der Waals surface area (Å²) in [5.41, 5.74) is 0.916. The van der Waals surface area contributed by atoms with E-state index in [2.05, 4.69) is 24.1 Å². The number of amides is 1. The zero-order chi connectivity index (χ0) is 21.1. The van der Waals surface area contributed by atoms with E-state index in [4.69, 9.17) is 21.6 Å². The number of rotatable bonds is 8. The molecule has 30 heavy (non-hydrogen) atoms. The predicted molar refractivity (Wildman–Crippen MR) is 123 cm³/mol. The molecular formula is C24H33ClN4O. The molecule has 162 valence electrons. The van der Waals surface area contributed by atoms with Crippen LogP contribution in [0.25, 0.3) is 10.9 Å². The van der Waals surface area contributed by atoms with Gasteiger partial charge in [0.1, 0.15) is 11.6 Å². The van der Waals surface area contributed by atoms with E-state index in [9.17, 15) is 4.79 Å². The van der Waals surface area contributed by atoms with Gasteiger partial charge in [0.15, 0.2) is 0 Å². The van der Waals surface area contributed by atoms with Crippen LogP contribution in [-0.2, 0) is 4.79 Å². The quantitative estimate of drug-likeness (QED) is 0.594. The lowest BCUT2D eigenvalue weighted by molar-refractivity contribution is -0.121. The summed E-state index contributed by atoms with van der Waals surface area (Å²) in [6, 6.07) is 6.55. The molecule has 1 aromatic carbocycles. The van der Waals surface area contributed by atoms with Gasteiger partial charge in [0, 0.05) is 41.4 Å². The van der Waals surface area contributed by atoms with E-state index in [1.807, 2.05) is 18.2 Å². The van der Waals surface area contributed by atoms with Crippen molar-refractivity contribution in [1.82, 2.24) is 15.3 Å². The number of nitrogens with zero attached hydrogens (tertiary/aromatic N) is 3. The largest absolute Gasteiger partial charge is 0.354 e. The Hall–Kier alpha value is -1.88. The Morgan fingerprint density at radius 3 is 2.67 bits per heavy atom. The van der Waals surface area contributed by atoms with Crippen LogP contribution in [0.3, 0.4) is 0 Å². The summed E-state index contributed by atoms with van der Waals surface area (Å²) in [6.07, 6.45) is 9.84. The smallest absolute Gasteiger partial charge is 0.221 e. The molecule has 5 nitrogen and oxygen atoms in total. The highest BCUT2D eigenvalue weighted by Crippen LogP contribution is 2.41. The number of benzene rings is 1. The molecule has 1 aromatic heterocycles. The second-order valence-corrected chi connectivity index (χ2v) is 9.39. The van der Waals surface area contributed by atoms with Crippen LogP contribution < -0.4 is 10.2 Å². The van der Waals surface area contributed by atoms with Crippen molar-refractivity contribution in [3.8, 4) is 0 Å². The minimum atomic E-state index is 0.119. The fourth-order valence-corrected chi connectivity index (χ4v) is 4.54. The molecule has 0 spiro atoms. The van der Waals surface area contributed by atoms with E-state index in [1.54, 1.807) is 0 Å². The Bertz CT molecular complexity index is 892. The average Bonchev–Trinajstić information content (AvgIpc) is 3.59. The average molecular weight is 429 g/mol. The molecule has 0 aliphatic heterocycles. The first-order chi connectivity index (χ1) is 14.5. The van der Waals surface area contributed by atoms with Crippen LogP contribution in [0.2, 0.25) is 5.02 Å². The van der Waals surface area contributed by atoms with Crippen molar-refractivity contribution < 1.29 is 4.79 Å². The molecule has 2 saturated carbocycles. The minimum absolute atomic E-state index is 0.119. The van der Waals surface area contributed by atoms with Crippen molar-refractivity contribution in [3.05, 3.63) is 29.0 Å². The highest BCUT2D eigenvalue weighted by Gasteiger charge is 2.30. The van der Waals surface area contributed by atoms with Crippen molar-refractivity contribution in [1.29, 1.82) is 0 Å². The topological polar surface area (TPSA) is 58.1 Å². The molecule has 1 amide bonds. The van der Waals surface area contributed by atoms with Gasteiger partial charge in [-0.25, -0.2) is 9.97 Å². The molecule has 0 bridgehead atoms. The molecule has 6 heteroatoms. The first kappa shape index (κ1) is 21.4. The van der Waals surface area contributed by atoms with Crippen LogP contribution in [0, 0.1) is 0 Å². The molecule has 0 radical (unpaired) electrons. The molecule has 4 rings (SSSR count). The Balaban J connectivity index is 1.67. The van der Waals surface area contributed by atoms with Gasteiger partial charge in [0.25, 0.3) is 0 Å². The highest BCUT2D eigenvalue weighted by molar-refractivity contribution is 6.31. The van der Waals surface area contributed by atoms with E-state index in [0.29, 0.717) is 29.9 Å². The number of carbonyl (C=O) groups is 1. The first-order valence-electron chi connectivity index (χ1n) is 11.6. The summed E-state index contributed by atoms with van der Waals surface area (Å²) in [7, 11) is 0. The van der Waals surface area contributed by atoms with Crippen LogP contribution in [0.15, 0.2) is 18.2 Å². The fraction of sp³-hybridized carbons (Fsp3) is 0.625. The molecule has 1 unspecified atom stereocenters. The molecule has 1 atom stereocenters. The van der Waals surface area contributed by atoms with Gasteiger partial charge in [-0.2, -0.15) is 0 Å². The molecule has 1 heterocycles. The second-order valence-electron chi connectivity index (χ2n) is 8.95. The summed E-state index contributed by atoms with van der Waals surface area (Å²) in [6.45, 7) is 4.84. The monoisotopic (exact) mass is 428 g/mol. The summed E-state index contributed by atoms with van der Waals surface area (Å²) >= 11 is 6.28. The zero-order valence-corrected chi connectivity index (χ0v) is 18.9. The second kappa shape index (κ2) is 9.51. The lowest BCUT2D eigenvalue weighted by Crippen LogP contribution is -2.41. The summed E-state index contributed by atoms with van der Waals surface area (Å²) in [5, 5.41) is 4.85. The van der Waals surface area contributed by atoms with E-state index < -0.39 is 0 Å². The first-order valence-corrected chi connectivity index (χ1v) is 12.0. The number of anilines is 1. The van der Waals surface area contributed by atoms with Crippen LogP contribution in [0.4, 0.5) is 5.82 Å². The van der Waals surface area contributed by atoms with Gasteiger partial charge in [-0.15, -0.1) is 0 Å². The molecule has 1 N–H and O–H groups in total.